The molecule has 0 saturated carbocycles. The zero-order chi connectivity index (χ0) is 15.6. The minimum atomic E-state index is -1.22. The molecule has 1 N–H and O–H groups in total. The molecule has 1 aromatic rings. The monoisotopic (exact) mass is 296 g/mol. The number of carbonyl (C=O) groups is 2. The Kier molecular flexibility index (Phi) is 3.92. The van der Waals surface area contributed by atoms with Crippen molar-refractivity contribution in [1.29, 1.82) is 0 Å². The highest BCUT2D eigenvalue weighted by atomic mass is 16.6. The van der Waals surface area contributed by atoms with Crippen LogP contribution in [0, 0.1) is 10.1 Å². The molecule has 0 unspecified atom stereocenters. The van der Waals surface area contributed by atoms with E-state index in [1.165, 1.54) is 13.1 Å². The van der Waals surface area contributed by atoms with E-state index < -0.39 is 29.0 Å². The third-order valence-electron chi connectivity index (χ3n) is 2.81. The van der Waals surface area contributed by atoms with E-state index in [9.17, 15) is 19.7 Å². The van der Waals surface area contributed by atoms with Crippen LogP contribution in [0.25, 0.3) is 0 Å². The Hall–Kier alpha value is -2.84. The molecular weight excluding hydrogens is 284 g/mol. The van der Waals surface area contributed by atoms with Crippen molar-refractivity contribution in [2.24, 2.45) is 0 Å². The summed E-state index contributed by atoms with van der Waals surface area (Å²) in [5, 5.41) is 19.8. The second kappa shape index (κ2) is 5.65. The molecule has 0 fully saturated rings. The first kappa shape index (κ1) is 14.6. The number of hydrogen-bond donors (Lipinski definition) is 1. The number of nitro groups is 1. The zero-order valence-electron chi connectivity index (χ0n) is 11.1. The van der Waals surface area contributed by atoms with Crippen LogP contribution in [0.5, 0.6) is 11.5 Å². The summed E-state index contributed by atoms with van der Waals surface area (Å²) in [6.07, 6.45) is 0. The molecule has 1 aliphatic heterocycles. The minimum Gasteiger partial charge on any atom is -0.486 e. The highest BCUT2D eigenvalue weighted by Gasteiger charge is 2.28. The van der Waals surface area contributed by atoms with Gasteiger partial charge in [0.1, 0.15) is 25.3 Å². The SMILES string of the molecule is CN(CC(=O)O)C(=O)c1cc2c(cc1[N+](=O)[O-])OCCO2. The molecule has 0 radical (unpaired) electrons. The van der Waals surface area contributed by atoms with Gasteiger partial charge in [-0.2, -0.15) is 0 Å². The van der Waals surface area contributed by atoms with Gasteiger partial charge in [-0.1, -0.05) is 0 Å². The maximum Gasteiger partial charge on any atom is 0.323 e. The van der Waals surface area contributed by atoms with E-state index in [0.29, 0.717) is 0 Å². The summed E-state index contributed by atoms with van der Waals surface area (Å²) in [5.74, 6) is -1.59. The van der Waals surface area contributed by atoms with E-state index in [4.69, 9.17) is 14.6 Å². The lowest BCUT2D eigenvalue weighted by Gasteiger charge is -2.20. The number of amides is 1. The van der Waals surface area contributed by atoms with Gasteiger partial charge in [-0.15, -0.1) is 0 Å². The minimum absolute atomic E-state index is 0.186. The molecule has 0 bridgehead atoms. The van der Waals surface area contributed by atoms with E-state index in [0.717, 1.165) is 11.0 Å². The predicted octanol–water partition coefficient (Wildman–Crippen LogP) is 0.523. The molecule has 0 spiro atoms. The van der Waals surface area contributed by atoms with Crippen molar-refractivity contribution in [3.63, 3.8) is 0 Å². The number of aliphatic carboxylic acids is 1. The predicted molar refractivity (Wildman–Crippen MR) is 68.7 cm³/mol. The number of nitro benzene ring substituents is 1. The average Bonchev–Trinajstić information content (AvgIpc) is 2.44. The fourth-order valence-electron chi connectivity index (χ4n) is 1.88. The van der Waals surface area contributed by atoms with Crippen LogP contribution in [-0.4, -0.2) is 53.6 Å². The summed E-state index contributed by atoms with van der Waals surface area (Å²) in [5.41, 5.74) is -0.700. The Morgan fingerprint density at radius 1 is 1.33 bits per heavy atom. The van der Waals surface area contributed by atoms with Crippen LogP contribution in [0.4, 0.5) is 5.69 Å². The van der Waals surface area contributed by atoms with Crippen LogP contribution in [0.2, 0.25) is 0 Å². The molecule has 2 rings (SSSR count). The van der Waals surface area contributed by atoms with Gasteiger partial charge in [0, 0.05) is 13.1 Å². The van der Waals surface area contributed by atoms with Gasteiger partial charge in [0.15, 0.2) is 11.5 Å². The number of fused-ring (bicyclic) bond motifs is 1. The Morgan fingerprint density at radius 3 is 2.43 bits per heavy atom. The second-order valence-corrected chi connectivity index (χ2v) is 4.33. The topological polar surface area (TPSA) is 119 Å². The molecule has 1 amide bonds. The Morgan fingerprint density at radius 2 is 1.90 bits per heavy atom. The molecule has 0 atom stereocenters. The summed E-state index contributed by atoms with van der Waals surface area (Å²) < 4.78 is 10.5. The van der Waals surface area contributed by atoms with Gasteiger partial charge in [0.2, 0.25) is 0 Å². The van der Waals surface area contributed by atoms with Crippen LogP contribution in [-0.2, 0) is 4.79 Å². The van der Waals surface area contributed by atoms with Crippen LogP contribution < -0.4 is 9.47 Å². The third-order valence-corrected chi connectivity index (χ3v) is 2.81. The van der Waals surface area contributed by atoms with E-state index >= 15 is 0 Å². The summed E-state index contributed by atoms with van der Waals surface area (Å²) in [7, 11) is 1.25. The highest BCUT2D eigenvalue weighted by molar-refractivity contribution is 6.00. The van der Waals surface area contributed by atoms with Crippen molar-refractivity contribution in [2.45, 2.75) is 0 Å². The first-order valence-corrected chi connectivity index (χ1v) is 5.95. The molecule has 21 heavy (non-hydrogen) atoms. The first-order chi connectivity index (χ1) is 9.90. The number of carbonyl (C=O) groups excluding carboxylic acids is 1. The van der Waals surface area contributed by atoms with Gasteiger partial charge in [-0.3, -0.25) is 19.7 Å². The van der Waals surface area contributed by atoms with Gasteiger partial charge >= 0.3 is 5.97 Å². The lowest BCUT2D eigenvalue weighted by Crippen LogP contribution is -2.32. The third kappa shape index (κ3) is 3.02. The number of hydrogen-bond acceptors (Lipinski definition) is 6. The largest absolute Gasteiger partial charge is 0.486 e. The Labute approximate surface area is 118 Å². The van der Waals surface area contributed by atoms with Crippen LogP contribution in [0.3, 0.4) is 0 Å². The number of ether oxygens (including phenoxy) is 2. The zero-order valence-corrected chi connectivity index (χ0v) is 11.1. The van der Waals surface area contributed by atoms with E-state index in [-0.39, 0.29) is 30.3 Å². The molecule has 1 aromatic carbocycles. The van der Waals surface area contributed by atoms with Gasteiger partial charge in [-0.05, 0) is 0 Å². The van der Waals surface area contributed by atoms with Gasteiger partial charge in [0.25, 0.3) is 11.6 Å². The number of carboxylic acid groups (broad SMARTS) is 1. The number of benzene rings is 1. The van der Waals surface area contributed by atoms with Gasteiger partial charge < -0.3 is 19.5 Å². The Bertz CT molecular complexity index is 614. The van der Waals surface area contributed by atoms with Crippen molar-refractivity contribution in [1.82, 2.24) is 4.90 Å². The maximum absolute atomic E-state index is 12.2. The van der Waals surface area contributed by atoms with Crippen molar-refractivity contribution in [2.75, 3.05) is 26.8 Å². The molecule has 1 heterocycles. The maximum atomic E-state index is 12.2. The number of nitrogens with zero attached hydrogens (tertiary/aromatic N) is 2. The van der Waals surface area contributed by atoms with Crippen molar-refractivity contribution >= 4 is 17.6 Å². The summed E-state index contributed by atoms with van der Waals surface area (Å²) >= 11 is 0. The molecule has 9 nitrogen and oxygen atoms in total. The van der Waals surface area contributed by atoms with Crippen LogP contribution in [0.15, 0.2) is 12.1 Å². The van der Waals surface area contributed by atoms with E-state index in [1.54, 1.807) is 0 Å². The molecular formula is C12H12N2O7. The quantitative estimate of drug-likeness (QED) is 0.635. The van der Waals surface area contributed by atoms with Crippen molar-refractivity contribution in [3.8, 4) is 11.5 Å². The Balaban J connectivity index is 2.43. The number of carboxylic acids is 1. The van der Waals surface area contributed by atoms with E-state index in [2.05, 4.69) is 0 Å². The van der Waals surface area contributed by atoms with E-state index in [1.807, 2.05) is 0 Å². The summed E-state index contributed by atoms with van der Waals surface area (Å²) in [6, 6.07) is 2.31. The second-order valence-electron chi connectivity index (χ2n) is 4.33. The molecule has 1 aliphatic rings. The summed E-state index contributed by atoms with van der Waals surface area (Å²) in [6.45, 7) is -0.0375. The van der Waals surface area contributed by atoms with Crippen molar-refractivity contribution < 1.29 is 29.1 Å². The standard InChI is InChI=1S/C12H12N2O7/c1-13(6-11(15)16)12(17)7-4-9-10(21-3-2-20-9)5-8(7)14(18)19/h4-5H,2-3,6H2,1H3,(H,15,16). The number of rotatable bonds is 4. The normalized spacial score (nSPS) is 12.6. The lowest BCUT2D eigenvalue weighted by molar-refractivity contribution is -0.385. The lowest BCUT2D eigenvalue weighted by atomic mass is 10.1. The van der Waals surface area contributed by atoms with Crippen LogP contribution in [0.1, 0.15) is 10.4 Å². The first-order valence-electron chi connectivity index (χ1n) is 5.95. The van der Waals surface area contributed by atoms with Crippen molar-refractivity contribution in [3.05, 3.63) is 27.8 Å². The molecule has 9 heteroatoms. The fourth-order valence-corrected chi connectivity index (χ4v) is 1.88. The van der Waals surface area contributed by atoms with Crippen LogP contribution >= 0.6 is 0 Å². The fraction of sp³-hybridized carbons (Fsp3) is 0.333. The highest BCUT2D eigenvalue weighted by Crippen LogP contribution is 2.36. The van der Waals surface area contributed by atoms with Gasteiger partial charge in [0.05, 0.1) is 11.0 Å². The average molecular weight is 296 g/mol. The van der Waals surface area contributed by atoms with Gasteiger partial charge in [-0.25, -0.2) is 0 Å². The smallest absolute Gasteiger partial charge is 0.323 e. The number of likely N-dealkylation sites (N-methyl/N-ethyl adjacent to an activating group) is 1. The molecule has 0 aliphatic carbocycles. The summed E-state index contributed by atoms with van der Waals surface area (Å²) in [4.78, 5) is 34.0. The molecule has 0 aromatic heterocycles. The molecule has 0 saturated heterocycles. The molecule has 112 valence electrons.